The van der Waals surface area contributed by atoms with Gasteiger partial charge in [0.2, 0.25) is 0 Å². The highest BCUT2D eigenvalue weighted by Crippen LogP contribution is 2.24. The SMILES string of the molecule is [B]c1c(C)ccc(Br)c1Nc1ccc(C(=O)CBr)nc1. The second-order valence-corrected chi connectivity index (χ2v) is 5.68. The second-order valence-electron chi connectivity index (χ2n) is 4.27. The van der Waals surface area contributed by atoms with E-state index in [0.717, 1.165) is 21.4 Å². The third-order valence-electron chi connectivity index (χ3n) is 2.85. The summed E-state index contributed by atoms with van der Waals surface area (Å²) in [6.07, 6.45) is 1.62. The molecule has 20 heavy (non-hydrogen) atoms. The number of ketones is 1. The van der Waals surface area contributed by atoms with Crippen LogP contribution in [-0.4, -0.2) is 23.9 Å². The van der Waals surface area contributed by atoms with Crippen molar-refractivity contribution in [2.24, 2.45) is 0 Å². The zero-order valence-corrected chi connectivity index (χ0v) is 14.0. The van der Waals surface area contributed by atoms with Crippen LogP contribution in [0.25, 0.3) is 0 Å². The third-order valence-corrected chi connectivity index (χ3v) is 4.02. The maximum absolute atomic E-state index is 11.5. The lowest BCUT2D eigenvalue weighted by Gasteiger charge is -2.14. The predicted molar refractivity (Wildman–Crippen MR) is 89.9 cm³/mol. The Morgan fingerprint density at radius 3 is 2.70 bits per heavy atom. The van der Waals surface area contributed by atoms with E-state index in [4.69, 9.17) is 7.85 Å². The molecule has 0 bridgehead atoms. The number of carbonyl (C=O) groups is 1. The van der Waals surface area contributed by atoms with Gasteiger partial charge in [-0.1, -0.05) is 33.0 Å². The van der Waals surface area contributed by atoms with Gasteiger partial charge in [-0.25, -0.2) is 0 Å². The van der Waals surface area contributed by atoms with Crippen LogP contribution in [0.3, 0.4) is 0 Å². The van der Waals surface area contributed by atoms with Crippen molar-refractivity contribution in [3.05, 3.63) is 46.2 Å². The Morgan fingerprint density at radius 2 is 2.10 bits per heavy atom. The first-order valence-corrected chi connectivity index (χ1v) is 7.81. The first-order chi connectivity index (χ1) is 9.52. The van der Waals surface area contributed by atoms with Gasteiger partial charge in [0, 0.05) is 10.2 Å². The number of benzene rings is 1. The lowest BCUT2D eigenvalue weighted by atomic mass is 9.89. The van der Waals surface area contributed by atoms with Crippen molar-refractivity contribution in [2.75, 3.05) is 10.6 Å². The van der Waals surface area contributed by atoms with E-state index in [1.54, 1.807) is 18.3 Å². The van der Waals surface area contributed by atoms with Gasteiger partial charge in [-0.3, -0.25) is 9.78 Å². The Morgan fingerprint density at radius 1 is 1.35 bits per heavy atom. The lowest BCUT2D eigenvalue weighted by Crippen LogP contribution is -2.14. The Bertz CT molecular complexity index is 644. The number of rotatable bonds is 4. The van der Waals surface area contributed by atoms with Crippen molar-refractivity contribution in [1.29, 1.82) is 0 Å². The van der Waals surface area contributed by atoms with Gasteiger partial charge in [-0.2, -0.15) is 0 Å². The summed E-state index contributed by atoms with van der Waals surface area (Å²) in [6, 6.07) is 7.37. The summed E-state index contributed by atoms with van der Waals surface area (Å²) < 4.78 is 0.876. The minimum atomic E-state index is -0.0483. The Labute approximate surface area is 135 Å². The molecule has 0 unspecified atom stereocenters. The summed E-state index contributed by atoms with van der Waals surface area (Å²) in [4.78, 5) is 15.6. The van der Waals surface area contributed by atoms with E-state index in [9.17, 15) is 4.79 Å². The quantitative estimate of drug-likeness (QED) is 0.492. The summed E-state index contributed by atoms with van der Waals surface area (Å²) in [6.45, 7) is 1.95. The number of aryl methyl sites for hydroxylation is 1. The molecule has 0 aliphatic heterocycles. The largest absolute Gasteiger partial charge is 0.354 e. The summed E-state index contributed by atoms with van der Waals surface area (Å²) >= 11 is 6.59. The van der Waals surface area contributed by atoms with Gasteiger partial charge >= 0.3 is 0 Å². The van der Waals surface area contributed by atoms with E-state index in [0.29, 0.717) is 11.2 Å². The molecule has 2 radical (unpaired) electrons. The van der Waals surface area contributed by atoms with Gasteiger partial charge in [0.1, 0.15) is 13.5 Å². The van der Waals surface area contributed by atoms with Crippen molar-refractivity contribution < 1.29 is 4.79 Å². The fourth-order valence-electron chi connectivity index (χ4n) is 1.67. The number of nitrogens with zero attached hydrogens (tertiary/aromatic N) is 1. The number of Topliss-reactive ketones (excluding diaryl/α,β-unsaturated/α-hetero) is 1. The number of hydrogen-bond donors (Lipinski definition) is 1. The Hall–Kier alpha value is -1.14. The number of alkyl halides is 1. The van der Waals surface area contributed by atoms with Crippen LogP contribution < -0.4 is 10.8 Å². The van der Waals surface area contributed by atoms with Crippen LogP contribution in [0.5, 0.6) is 0 Å². The maximum atomic E-state index is 11.5. The van der Waals surface area contributed by atoms with E-state index in [2.05, 4.69) is 42.2 Å². The first kappa shape index (κ1) is 15.3. The predicted octanol–water partition coefficient (Wildman–Crippen LogP) is 3.27. The summed E-state index contributed by atoms with van der Waals surface area (Å²) in [5.41, 5.74) is 3.68. The van der Waals surface area contributed by atoms with Gasteiger partial charge in [0.25, 0.3) is 0 Å². The fraction of sp³-hybridized carbons (Fsp3) is 0.143. The van der Waals surface area contributed by atoms with Crippen LogP contribution >= 0.6 is 31.9 Å². The zero-order valence-electron chi connectivity index (χ0n) is 10.8. The maximum Gasteiger partial charge on any atom is 0.191 e. The minimum absolute atomic E-state index is 0.0483. The van der Waals surface area contributed by atoms with Crippen molar-refractivity contribution >= 4 is 62.3 Å². The fourth-order valence-corrected chi connectivity index (χ4v) is 2.40. The molecule has 0 aliphatic carbocycles. The van der Waals surface area contributed by atoms with E-state index >= 15 is 0 Å². The number of aromatic nitrogens is 1. The van der Waals surface area contributed by atoms with Crippen LogP contribution in [0, 0.1) is 6.92 Å². The molecule has 1 heterocycles. The second kappa shape index (κ2) is 6.54. The van der Waals surface area contributed by atoms with Crippen molar-refractivity contribution in [2.45, 2.75) is 6.92 Å². The van der Waals surface area contributed by atoms with E-state index in [1.807, 2.05) is 19.1 Å². The molecule has 0 saturated heterocycles. The first-order valence-electron chi connectivity index (χ1n) is 5.89. The van der Waals surface area contributed by atoms with Gasteiger partial charge in [-0.05, 0) is 41.1 Å². The summed E-state index contributed by atoms with van der Waals surface area (Å²) in [5, 5.41) is 3.48. The lowest BCUT2D eigenvalue weighted by molar-refractivity contribution is 0.101. The minimum Gasteiger partial charge on any atom is -0.354 e. The van der Waals surface area contributed by atoms with Gasteiger partial charge in [-0.15, -0.1) is 0 Å². The number of halogens is 2. The third kappa shape index (κ3) is 3.30. The average Bonchev–Trinajstić information content (AvgIpc) is 2.47. The number of nitrogens with one attached hydrogen (secondary N) is 1. The molecule has 0 fully saturated rings. The highest BCUT2D eigenvalue weighted by atomic mass is 79.9. The number of hydrogen-bond acceptors (Lipinski definition) is 3. The van der Waals surface area contributed by atoms with Gasteiger partial charge < -0.3 is 5.32 Å². The van der Waals surface area contributed by atoms with Crippen molar-refractivity contribution in [3.63, 3.8) is 0 Å². The molecule has 3 nitrogen and oxygen atoms in total. The Balaban J connectivity index is 2.27. The molecule has 0 amide bonds. The molecule has 6 heteroatoms. The molecular weight excluding hydrogens is 383 g/mol. The van der Waals surface area contributed by atoms with Gasteiger partial charge in [0.15, 0.2) is 5.78 Å². The number of carbonyl (C=O) groups excluding carboxylic acids is 1. The standard InChI is InChI=1S/C14H11BBr2N2O/c1-8-2-4-10(17)14(13(8)15)19-9-3-5-11(18-7-9)12(20)6-16/h2-5,7,19H,6H2,1H3. The van der Waals surface area contributed by atoms with Crippen LogP contribution in [0.1, 0.15) is 16.1 Å². The number of pyridine rings is 1. The van der Waals surface area contributed by atoms with Gasteiger partial charge in [0.05, 0.1) is 17.2 Å². The molecule has 2 aromatic rings. The highest BCUT2D eigenvalue weighted by molar-refractivity contribution is 9.10. The highest BCUT2D eigenvalue weighted by Gasteiger charge is 2.08. The summed E-state index contributed by atoms with van der Waals surface area (Å²) in [5.74, 6) is -0.0483. The molecule has 0 spiro atoms. The van der Waals surface area contributed by atoms with Crippen LogP contribution in [0.4, 0.5) is 11.4 Å². The molecule has 2 rings (SSSR count). The van der Waals surface area contributed by atoms with Crippen LogP contribution in [-0.2, 0) is 0 Å². The van der Waals surface area contributed by atoms with Crippen LogP contribution in [0.15, 0.2) is 34.9 Å². The smallest absolute Gasteiger partial charge is 0.191 e. The van der Waals surface area contributed by atoms with Crippen molar-refractivity contribution in [1.82, 2.24) is 4.98 Å². The van der Waals surface area contributed by atoms with Crippen LogP contribution in [0.2, 0.25) is 0 Å². The molecule has 1 aromatic carbocycles. The van der Waals surface area contributed by atoms with E-state index < -0.39 is 0 Å². The Kier molecular flexibility index (Phi) is 4.99. The van der Waals surface area contributed by atoms with E-state index in [1.165, 1.54) is 0 Å². The molecule has 100 valence electrons. The molecule has 0 aliphatic rings. The summed E-state index contributed by atoms with van der Waals surface area (Å²) in [7, 11) is 6.06. The molecule has 1 N–H and O–H groups in total. The molecule has 0 saturated carbocycles. The molecule has 1 aromatic heterocycles. The topological polar surface area (TPSA) is 42.0 Å². The zero-order chi connectivity index (χ0) is 14.7. The van der Waals surface area contributed by atoms with E-state index in [-0.39, 0.29) is 11.1 Å². The average molecular weight is 394 g/mol. The molecular formula is C14H11BBr2N2O. The molecule has 0 atom stereocenters. The number of anilines is 2. The van der Waals surface area contributed by atoms with Crippen molar-refractivity contribution in [3.8, 4) is 0 Å². The normalized spacial score (nSPS) is 10.3. The monoisotopic (exact) mass is 392 g/mol.